The molecule has 22 heavy (non-hydrogen) atoms. The molecule has 0 bridgehead atoms. The molecule has 6 heteroatoms. The molecule has 0 aromatic heterocycles. The van der Waals surface area contributed by atoms with Crippen molar-refractivity contribution in [1.29, 1.82) is 0 Å². The van der Waals surface area contributed by atoms with E-state index in [1.807, 2.05) is 18.2 Å². The number of carbonyl (C=O) groups is 2. The first kappa shape index (κ1) is 17.3. The van der Waals surface area contributed by atoms with Crippen LogP contribution in [-0.4, -0.2) is 22.2 Å². The van der Waals surface area contributed by atoms with Crippen LogP contribution in [0.1, 0.15) is 11.1 Å². The molecule has 0 saturated heterocycles. The minimum Gasteiger partial charge on any atom is -0.473 e. The first-order valence-corrected chi connectivity index (χ1v) is 6.44. The zero-order valence-electron chi connectivity index (χ0n) is 11.7. The molecule has 116 valence electrons. The molecule has 0 unspecified atom stereocenters. The summed E-state index contributed by atoms with van der Waals surface area (Å²) in [5, 5.41) is 18.1. The number of carboxylic acid groups (broad SMARTS) is 2. The normalized spacial score (nSPS) is 9.50. The van der Waals surface area contributed by atoms with Gasteiger partial charge in [-0.25, -0.2) is 14.0 Å². The number of hydrogen-bond acceptors (Lipinski definition) is 3. The van der Waals surface area contributed by atoms with Gasteiger partial charge in [0.2, 0.25) is 0 Å². The Labute approximate surface area is 127 Å². The number of rotatable bonds is 4. The second kappa shape index (κ2) is 9.25. The molecule has 5 nitrogen and oxygen atoms in total. The predicted molar refractivity (Wildman–Crippen MR) is 78.7 cm³/mol. The zero-order chi connectivity index (χ0) is 16.4. The quantitative estimate of drug-likeness (QED) is 0.754. The van der Waals surface area contributed by atoms with Crippen LogP contribution in [-0.2, 0) is 22.7 Å². The first-order chi connectivity index (χ1) is 10.5. The zero-order valence-corrected chi connectivity index (χ0v) is 11.7. The molecule has 3 N–H and O–H groups in total. The molecular formula is C16H16FNO4. The van der Waals surface area contributed by atoms with Crippen LogP contribution < -0.4 is 5.32 Å². The minimum atomic E-state index is -1.82. The van der Waals surface area contributed by atoms with Crippen molar-refractivity contribution >= 4 is 11.9 Å². The van der Waals surface area contributed by atoms with Crippen molar-refractivity contribution in [2.45, 2.75) is 13.1 Å². The molecular weight excluding hydrogens is 289 g/mol. The molecule has 0 aliphatic rings. The monoisotopic (exact) mass is 305 g/mol. The van der Waals surface area contributed by atoms with Crippen LogP contribution in [0.15, 0.2) is 54.6 Å². The van der Waals surface area contributed by atoms with Gasteiger partial charge in [-0.2, -0.15) is 0 Å². The maximum atomic E-state index is 12.7. The van der Waals surface area contributed by atoms with Gasteiger partial charge in [0.05, 0.1) is 0 Å². The molecule has 0 radical (unpaired) electrons. The van der Waals surface area contributed by atoms with E-state index in [9.17, 15) is 4.39 Å². The van der Waals surface area contributed by atoms with E-state index in [2.05, 4.69) is 17.4 Å². The second-order valence-corrected chi connectivity index (χ2v) is 4.33. The SMILES string of the molecule is Fc1ccc(CNCc2ccccc2)cc1.O=C(O)C(=O)O. The van der Waals surface area contributed by atoms with E-state index in [4.69, 9.17) is 19.8 Å². The maximum absolute atomic E-state index is 12.7. The van der Waals surface area contributed by atoms with E-state index < -0.39 is 11.9 Å². The lowest BCUT2D eigenvalue weighted by molar-refractivity contribution is -0.159. The average Bonchev–Trinajstić information content (AvgIpc) is 2.51. The minimum absolute atomic E-state index is 0.188. The van der Waals surface area contributed by atoms with E-state index in [1.54, 1.807) is 12.1 Å². The average molecular weight is 305 g/mol. The second-order valence-electron chi connectivity index (χ2n) is 4.33. The molecule has 2 rings (SSSR count). The van der Waals surface area contributed by atoms with Crippen molar-refractivity contribution in [2.75, 3.05) is 0 Å². The summed E-state index contributed by atoms with van der Waals surface area (Å²) in [7, 11) is 0. The lowest BCUT2D eigenvalue weighted by atomic mass is 10.2. The summed E-state index contributed by atoms with van der Waals surface area (Å²) < 4.78 is 12.7. The van der Waals surface area contributed by atoms with Crippen LogP contribution >= 0.6 is 0 Å². The first-order valence-electron chi connectivity index (χ1n) is 6.44. The molecule has 0 fully saturated rings. The summed E-state index contributed by atoms with van der Waals surface area (Å²) in [6.45, 7) is 1.59. The Morgan fingerprint density at radius 1 is 0.818 bits per heavy atom. The molecule has 0 heterocycles. The Morgan fingerprint density at radius 3 is 1.73 bits per heavy atom. The van der Waals surface area contributed by atoms with Gasteiger partial charge in [-0.3, -0.25) is 0 Å². The van der Waals surface area contributed by atoms with Gasteiger partial charge in [0, 0.05) is 13.1 Å². The number of benzene rings is 2. The predicted octanol–water partition coefficient (Wildman–Crippen LogP) is 2.27. The highest BCUT2D eigenvalue weighted by Crippen LogP contribution is 2.03. The molecule has 0 saturated carbocycles. The highest BCUT2D eigenvalue weighted by atomic mass is 19.1. The van der Waals surface area contributed by atoms with E-state index in [0.29, 0.717) is 0 Å². The number of hydrogen-bond donors (Lipinski definition) is 3. The van der Waals surface area contributed by atoms with Crippen molar-refractivity contribution in [1.82, 2.24) is 5.32 Å². The van der Waals surface area contributed by atoms with Crippen LogP contribution in [0.3, 0.4) is 0 Å². The van der Waals surface area contributed by atoms with Crippen molar-refractivity contribution in [3.8, 4) is 0 Å². The van der Waals surface area contributed by atoms with Crippen LogP contribution in [0.4, 0.5) is 4.39 Å². The Balaban J connectivity index is 0.000000346. The van der Waals surface area contributed by atoms with Gasteiger partial charge >= 0.3 is 11.9 Å². The molecule has 0 aliphatic heterocycles. The van der Waals surface area contributed by atoms with Crippen molar-refractivity contribution in [3.05, 3.63) is 71.5 Å². The van der Waals surface area contributed by atoms with Gasteiger partial charge < -0.3 is 15.5 Å². The van der Waals surface area contributed by atoms with Crippen LogP contribution in [0.2, 0.25) is 0 Å². The van der Waals surface area contributed by atoms with Crippen LogP contribution in [0.25, 0.3) is 0 Å². The molecule has 2 aromatic rings. The largest absolute Gasteiger partial charge is 0.473 e. The Hall–Kier alpha value is -2.73. The highest BCUT2D eigenvalue weighted by molar-refractivity contribution is 6.27. The van der Waals surface area contributed by atoms with Gasteiger partial charge in [0.15, 0.2) is 0 Å². The summed E-state index contributed by atoms with van der Waals surface area (Å²) in [5.74, 6) is -3.84. The highest BCUT2D eigenvalue weighted by Gasteiger charge is 2.04. The van der Waals surface area contributed by atoms with Crippen molar-refractivity contribution < 1.29 is 24.2 Å². The fraction of sp³-hybridized carbons (Fsp3) is 0.125. The smallest absolute Gasteiger partial charge is 0.414 e. The van der Waals surface area contributed by atoms with E-state index in [-0.39, 0.29) is 5.82 Å². The fourth-order valence-corrected chi connectivity index (χ4v) is 1.55. The molecule has 0 amide bonds. The number of halogens is 1. The summed E-state index contributed by atoms with van der Waals surface area (Å²) in [6, 6.07) is 16.8. The summed E-state index contributed by atoms with van der Waals surface area (Å²) in [5.41, 5.74) is 2.35. The van der Waals surface area contributed by atoms with Crippen LogP contribution in [0.5, 0.6) is 0 Å². The van der Waals surface area contributed by atoms with Gasteiger partial charge in [-0.05, 0) is 23.3 Å². The van der Waals surface area contributed by atoms with E-state index in [1.165, 1.54) is 17.7 Å². The Bertz CT molecular complexity index is 587. The fourth-order valence-electron chi connectivity index (χ4n) is 1.55. The van der Waals surface area contributed by atoms with Gasteiger partial charge in [-0.15, -0.1) is 0 Å². The lowest BCUT2D eigenvalue weighted by Gasteiger charge is -2.04. The van der Waals surface area contributed by atoms with E-state index in [0.717, 1.165) is 18.7 Å². The van der Waals surface area contributed by atoms with Gasteiger partial charge in [0.25, 0.3) is 0 Å². The standard InChI is InChI=1S/C14H14FN.C2H2O4/c15-14-8-6-13(7-9-14)11-16-10-12-4-2-1-3-5-12;3-1(4)2(5)6/h1-9,16H,10-11H2;(H,3,4)(H,5,6). The maximum Gasteiger partial charge on any atom is 0.414 e. The molecule has 0 aliphatic carbocycles. The number of carboxylic acids is 2. The third kappa shape index (κ3) is 7.16. The van der Waals surface area contributed by atoms with Crippen molar-refractivity contribution in [2.24, 2.45) is 0 Å². The Morgan fingerprint density at radius 2 is 1.27 bits per heavy atom. The molecule has 0 spiro atoms. The number of aliphatic carboxylic acids is 2. The lowest BCUT2D eigenvalue weighted by Crippen LogP contribution is -2.12. The summed E-state index contributed by atoms with van der Waals surface area (Å²) in [4.78, 5) is 18.2. The summed E-state index contributed by atoms with van der Waals surface area (Å²) >= 11 is 0. The third-order valence-corrected chi connectivity index (χ3v) is 2.60. The van der Waals surface area contributed by atoms with Crippen molar-refractivity contribution in [3.63, 3.8) is 0 Å². The summed E-state index contributed by atoms with van der Waals surface area (Å²) in [6.07, 6.45) is 0. The Kier molecular flexibility index (Phi) is 7.28. The molecule has 2 aromatic carbocycles. The number of nitrogens with one attached hydrogen (secondary N) is 1. The topological polar surface area (TPSA) is 86.6 Å². The molecule has 0 atom stereocenters. The third-order valence-electron chi connectivity index (χ3n) is 2.60. The van der Waals surface area contributed by atoms with Gasteiger partial charge in [0.1, 0.15) is 5.82 Å². The van der Waals surface area contributed by atoms with Crippen LogP contribution in [0, 0.1) is 5.82 Å². The van der Waals surface area contributed by atoms with E-state index >= 15 is 0 Å². The van der Waals surface area contributed by atoms with Gasteiger partial charge in [-0.1, -0.05) is 42.5 Å².